The van der Waals surface area contributed by atoms with Gasteiger partial charge in [0.05, 0.1) is 0 Å². The third-order valence-corrected chi connectivity index (χ3v) is 1.52. The molecule has 6 heteroatoms. The Morgan fingerprint density at radius 3 is 2.50 bits per heavy atom. The highest BCUT2D eigenvalue weighted by Crippen LogP contribution is 2.13. The molecule has 0 aromatic heterocycles. The third kappa shape index (κ3) is 4.51. The molecule has 0 bridgehead atoms. The standard InChI is InChI=1S/C4H7F2NO2S/c5-4(6)10-1-2(7)3(8)9/h2,4H,1,7H2,(H,8,9). The van der Waals surface area contributed by atoms with Gasteiger partial charge in [0, 0.05) is 5.75 Å². The van der Waals surface area contributed by atoms with Crippen molar-refractivity contribution in [3.63, 3.8) is 0 Å². The summed E-state index contributed by atoms with van der Waals surface area (Å²) in [6.45, 7) is 0. The molecule has 0 aromatic carbocycles. The Bertz CT molecular complexity index is 122. The number of thioether (sulfide) groups is 1. The van der Waals surface area contributed by atoms with Crippen LogP contribution >= 0.6 is 11.8 Å². The fourth-order valence-electron chi connectivity index (χ4n) is 0.248. The number of carbonyl (C=O) groups is 1. The van der Waals surface area contributed by atoms with Gasteiger partial charge in [-0.05, 0) is 0 Å². The Morgan fingerprint density at radius 2 is 2.20 bits per heavy atom. The summed E-state index contributed by atoms with van der Waals surface area (Å²) < 4.78 is 22.7. The van der Waals surface area contributed by atoms with E-state index in [9.17, 15) is 13.6 Å². The van der Waals surface area contributed by atoms with Crippen LogP contribution in [-0.4, -0.2) is 28.6 Å². The van der Waals surface area contributed by atoms with E-state index in [-0.39, 0.29) is 17.5 Å². The SMILES string of the molecule is NC(CSC(F)F)C(=O)O. The average molecular weight is 171 g/mol. The maximum absolute atomic E-state index is 11.4. The summed E-state index contributed by atoms with van der Waals surface area (Å²) in [6, 6.07) is -1.20. The largest absolute Gasteiger partial charge is 0.480 e. The molecule has 0 fully saturated rings. The number of alkyl halides is 2. The molecule has 0 amide bonds. The summed E-state index contributed by atoms with van der Waals surface area (Å²) in [5.74, 6) is -4.06. The number of carboxylic acid groups (broad SMARTS) is 1. The molecule has 0 aromatic rings. The summed E-state index contributed by atoms with van der Waals surface area (Å²) in [5, 5.41) is 8.11. The van der Waals surface area contributed by atoms with Crippen LogP contribution in [0.4, 0.5) is 8.78 Å². The van der Waals surface area contributed by atoms with Crippen molar-refractivity contribution < 1.29 is 18.7 Å². The molecule has 0 aliphatic heterocycles. The first-order valence-corrected chi connectivity index (χ1v) is 3.47. The first-order valence-electron chi connectivity index (χ1n) is 2.42. The van der Waals surface area contributed by atoms with E-state index in [0.717, 1.165) is 0 Å². The molecule has 0 rings (SSSR count). The van der Waals surface area contributed by atoms with Gasteiger partial charge in [-0.1, -0.05) is 11.8 Å². The molecule has 0 spiro atoms. The van der Waals surface area contributed by atoms with Crippen LogP contribution in [0.3, 0.4) is 0 Å². The Hall–Kier alpha value is -0.360. The number of halogens is 2. The minimum atomic E-state index is -2.55. The van der Waals surface area contributed by atoms with E-state index < -0.39 is 17.8 Å². The van der Waals surface area contributed by atoms with Gasteiger partial charge < -0.3 is 10.8 Å². The van der Waals surface area contributed by atoms with Gasteiger partial charge in [-0.25, -0.2) is 0 Å². The molecule has 60 valence electrons. The first-order chi connectivity index (χ1) is 4.54. The topological polar surface area (TPSA) is 63.3 Å². The molecule has 1 atom stereocenters. The molecule has 0 aliphatic rings. The number of carboxylic acids is 1. The normalized spacial score (nSPS) is 13.6. The lowest BCUT2D eigenvalue weighted by Gasteiger charge is -2.03. The van der Waals surface area contributed by atoms with Crippen molar-refractivity contribution in [3.05, 3.63) is 0 Å². The van der Waals surface area contributed by atoms with Gasteiger partial charge in [-0.2, -0.15) is 8.78 Å². The van der Waals surface area contributed by atoms with Crippen molar-refractivity contribution in [2.45, 2.75) is 11.8 Å². The highest BCUT2D eigenvalue weighted by molar-refractivity contribution is 7.99. The van der Waals surface area contributed by atoms with Gasteiger partial charge in [0.2, 0.25) is 0 Å². The first kappa shape index (κ1) is 9.64. The summed E-state index contributed by atoms with van der Waals surface area (Å²) in [7, 11) is 0. The molecule has 10 heavy (non-hydrogen) atoms. The molecule has 3 N–H and O–H groups in total. The summed E-state index contributed by atoms with van der Waals surface area (Å²) in [4.78, 5) is 9.93. The average Bonchev–Trinajstić information content (AvgIpc) is 1.82. The number of rotatable bonds is 4. The molecule has 0 aliphatic carbocycles. The van der Waals surface area contributed by atoms with Gasteiger partial charge in [0.15, 0.2) is 0 Å². The van der Waals surface area contributed by atoms with Crippen LogP contribution in [0.25, 0.3) is 0 Å². The zero-order valence-electron chi connectivity index (χ0n) is 4.96. The van der Waals surface area contributed by atoms with Gasteiger partial charge in [0.1, 0.15) is 6.04 Å². The maximum Gasteiger partial charge on any atom is 0.321 e. The van der Waals surface area contributed by atoms with E-state index in [2.05, 4.69) is 0 Å². The highest BCUT2D eigenvalue weighted by atomic mass is 32.2. The second-order valence-electron chi connectivity index (χ2n) is 1.54. The second-order valence-corrected chi connectivity index (χ2v) is 2.56. The lowest BCUT2D eigenvalue weighted by molar-refractivity contribution is -0.137. The monoisotopic (exact) mass is 171 g/mol. The molecule has 0 heterocycles. The summed E-state index contributed by atoms with van der Waals surface area (Å²) in [5.41, 5.74) is 4.91. The number of hydrogen-bond donors (Lipinski definition) is 2. The minimum absolute atomic E-state index is 0.229. The number of nitrogens with two attached hydrogens (primary N) is 1. The highest BCUT2D eigenvalue weighted by Gasteiger charge is 2.13. The van der Waals surface area contributed by atoms with Gasteiger partial charge >= 0.3 is 5.97 Å². The molecular formula is C4H7F2NO2S. The fraction of sp³-hybridized carbons (Fsp3) is 0.750. The van der Waals surface area contributed by atoms with E-state index in [4.69, 9.17) is 10.8 Å². The van der Waals surface area contributed by atoms with Crippen molar-refractivity contribution in [2.75, 3.05) is 5.75 Å². The number of hydrogen-bond acceptors (Lipinski definition) is 3. The van der Waals surface area contributed by atoms with Crippen molar-refractivity contribution in [1.82, 2.24) is 0 Å². The van der Waals surface area contributed by atoms with Gasteiger partial charge in [0.25, 0.3) is 5.76 Å². The zero-order valence-corrected chi connectivity index (χ0v) is 5.78. The van der Waals surface area contributed by atoms with Crippen molar-refractivity contribution in [3.8, 4) is 0 Å². The predicted octanol–water partition coefficient (Wildman–Crippen LogP) is 0.354. The van der Waals surface area contributed by atoms with Crippen molar-refractivity contribution in [2.24, 2.45) is 5.73 Å². The molecular weight excluding hydrogens is 164 g/mol. The lowest BCUT2D eigenvalue weighted by Crippen LogP contribution is -2.32. The van der Waals surface area contributed by atoms with Crippen molar-refractivity contribution in [1.29, 1.82) is 0 Å². The minimum Gasteiger partial charge on any atom is -0.480 e. The van der Waals surface area contributed by atoms with Crippen LogP contribution in [0.2, 0.25) is 0 Å². The van der Waals surface area contributed by atoms with E-state index >= 15 is 0 Å². The van der Waals surface area contributed by atoms with Crippen LogP contribution in [0.15, 0.2) is 0 Å². The van der Waals surface area contributed by atoms with E-state index in [0.29, 0.717) is 0 Å². The Kier molecular flexibility index (Phi) is 4.29. The van der Waals surface area contributed by atoms with E-state index in [1.54, 1.807) is 0 Å². The van der Waals surface area contributed by atoms with E-state index in [1.807, 2.05) is 0 Å². The van der Waals surface area contributed by atoms with Crippen LogP contribution in [0, 0.1) is 0 Å². The molecule has 0 radical (unpaired) electrons. The fourth-order valence-corrected chi connectivity index (χ4v) is 0.743. The van der Waals surface area contributed by atoms with Gasteiger partial charge in [-0.15, -0.1) is 0 Å². The van der Waals surface area contributed by atoms with Crippen molar-refractivity contribution >= 4 is 17.7 Å². The summed E-state index contributed by atoms with van der Waals surface area (Å²) >= 11 is 0.229. The quantitative estimate of drug-likeness (QED) is 0.640. The lowest BCUT2D eigenvalue weighted by atomic mass is 10.4. The Labute approximate surface area is 60.6 Å². The van der Waals surface area contributed by atoms with Gasteiger partial charge in [-0.3, -0.25) is 4.79 Å². The van der Waals surface area contributed by atoms with Crippen LogP contribution < -0.4 is 5.73 Å². The van der Waals surface area contributed by atoms with Crippen LogP contribution in [0.1, 0.15) is 0 Å². The molecule has 1 unspecified atom stereocenters. The Balaban J connectivity index is 3.40. The summed E-state index contributed by atoms with van der Waals surface area (Å²) in [6.07, 6.45) is 0. The smallest absolute Gasteiger partial charge is 0.321 e. The molecule has 0 saturated carbocycles. The third-order valence-electron chi connectivity index (χ3n) is 0.719. The predicted molar refractivity (Wildman–Crippen MR) is 34.1 cm³/mol. The van der Waals surface area contributed by atoms with Crippen LogP contribution in [-0.2, 0) is 4.79 Å². The maximum atomic E-state index is 11.4. The molecule has 3 nitrogen and oxygen atoms in total. The number of aliphatic carboxylic acids is 1. The van der Waals surface area contributed by atoms with E-state index in [1.165, 1.54) is 0 Å². The zero-order chi connectivity index (χ0) is 8.15. The molecule has 0 saturated heterocycles. The van der Waals surface area contributed by atoms with Crippen LogP contribution in [0.5, 0.6) is 0 Å². The Morgan fingerprint density at radius 1 is 1.70 bits per heavy atom. The second kappa shape index (κ2) is 4.45.